The van der Waals surface area contributed by atoms with Gasteiger partial charge >= 0.3 is 6.03 Å². The van der Waals surface area contributed by atoms with Crippen LogP contribution in [0.4, 0.5) is 4.79 Å². The zero-order valence-corrected chi connectivity index (χ0v) is 14.8. The highest BCUT2D eigenvalue weighted by Gasteiger charge is 2.31. The summed E-state index contributed by atoms with van der Waals surface area (Å²) in [7, 11) is 0. The Morgan fingerprint density at radius 1 is 1.33 bits per heavy atom. The molecule has 3 heterocycles. The molecule has 1 aliphatic rings. The van der Waals surface area contributed by atoms with Gasteiger partial charge < -0.3 is 5.32 Å². The molecule has 0 spiro atoms. The molecule has 1 aliphatic heterocycles. The van der Waals surface area contributed by atoms with Gasteiger partial charge in [-0.3, -0.25) is 15.0 Å². The molecule has 24 heavy (non-hydrogen) atoms. The Morgan fingerprint density at radius 2 is 2.21 bits per heavy atom. The van der Waals surface area contributed by atoms with Crippen LogP contribution in [0.15, 0.2) is 41.6 Å². The third-order valence-corrected chi connectivity index (χ3v) is 5.81. The molecule has 1 atom stereocenters. The van der Waals surface area contributed by atoms with Crippen molar-refractivity contribution in [2.45, 2.75) is 12.5 Å². The summed E-state index contributed by atoms with van der Waals surface area (Å²) in [6.07, 6.45) is 2.50. The van der Waals surface area contributed by atoms with E-state index in [4.69, 9.17) is 0 Å². The van der Waals surface area contributed by atoms with E-state index in [2.05, 4.69) is 45.0 Å². The molecule has 5 nitrogen and oxygen atoms in total. The first kappa shape index (κ1) is 16.9. The maximum absolute atomic E-state index is 12.2. The van der Waals surface area contributed by atoms with E-state index in [9.17, 15) is 9.59 Å². The number of nitrogens with one attached hydrogen (secondary N) is 2. The van der Waals surface area contributed by atoms with Gasteiger partial charge in [-0.1, -0.05) is 12.1 Å². The molecule has 7 heteroatoms. The quantitative estimate of drug-likeness (QED) is 0.805. The lowest BCUT2D eigenvalue weighted by atomic mass is 9.98. The van der Waals surface area contributed by atoms with E-state index in [0.29, 0.717) is 6.54 Å². The van der Waals surface area contributed by atoms with Gasteiger partial charge in [-0.25, -0.2) is 4.79 Å². The average Bonchev–Trinajstić information content (AvgIpc) is 3.23. The van der Waals surface area contributed by atoms with E-state index in [-0.39, 0.29) is 18.5 Å². The lowest BCUT2D eigenvalue weighted by molar-refractivity contribution is -0.121. The molecule has 0 fully saturated rings. The van der Waals surface area contributed by atoms with Crippen LogP contribution in [0, 0.1) is 0 Å². The van der Waals surface area contributed by atoms with E-state index in [1.54, 1.807) is 28.7 Å². The number of hydrogen-bond donors (Lipinski definition) is 2. The molecule has 2 aromatic heterocycles. The van der Waals surface area contributed by atoms with Gasteiger partial charge in [0.2, 0.25) is 5.91 Å². The van der Waals surface area contributed by atoms with Crippen LogP contribution in [-0.4, -0.2) is 36.5 Å². The first-order chi connectivity index (χ1) is 11.7. The summed E-state index contributed by atoms with van der Waals surface area (Å²) >= 11 is 3.46. The smallest absolute Gasteiger partial charge is 0.321 e. The fourth-order valence-electron chi connectivity index (χ4n) is 2.88. The minimum atomic E-state index is -0.485. The molecule has 2 aromatic rings. The van der Waals surface area contributed by atoms with Gasteiger partial charge in [-0.05, 0) is 34.9 Å². The van der Waals surface area contributed by atoms with Crippen LogP contribution in [0.1, 0.15) is 21.4 Å². The number of amides is 3. The summed E-state index contributed by atoms with van der Waals surface area (Å²) in [5.74, 6) is -0.295. The molecule has 0 aliphatic carbocycles. The predicted octanol–water partition coefficient (Wildman–Crippen LogP) is 2.77. The Morgan fingerprint density at radius 3 is 2.96 bits per heavy atom. The van der Waals surface area contributed by atoms with Crippen molar-refractivity contribution in [3.63, 3.8) is 0 Å². The highest BCUT2D eigenvalue weighted by atomic mass is 32.1. The molecule has 0 bridgehead atoms. The Kier molecular flexibility index (Phi) is 5.44. The van der Waals surface area contributed by atoms with Gasteiger partial charge in [0, 0.05) is 22.8 Å². The average molecular weight is 361 g/mol. The van der Waals surface area contributed by atoms with Gasteiger partial charge in [0.15, 0.2) is 0 Å². The second-order valence-electron chi connectivity index (χ2n) is 5.48. The van der Waals surface area contributed by atoms with Gasteiger partial charge in [0.05, 0.1) is 12.6 Å². The lowest BCUT2D eigenvalue weighted by Gasteiger charge is -2.34. The molecule has 2 N–H and O–H groups in total. The number of hydrogen-bond acceptors (Lipinski definition) is 5. The van der Waals surface area contributed by atoms with Crippen molar-refractivity contribution in [1.82, 2.24) is 15.5 Å². The maximum Gasteiger partial charge on any atom is 0.321 e. The minimum absolute atomic E-state index is 0.0852. The van der Waals surface area contributed by atoms with Crippen LogP contribution in [-0.2, 0) is 11.2 Å². The molecule has 126 valence electrons. The van der Waals surface area contributed by atoms with Crippen molar-refractivity contribution < 1.29 is 9.59 Å². The van der Waals surface area contributed by atoms with Crippen molar-refractivity contribution in [3.05, 3.63) is 56.9 Å². The van der Waals surface area contributed by atoms with Crippen molar-refractivity contribution in [3.8, 4) is 0 Å². The number of fused-ring (bicyclic) bond motifs is 1. The van der Waals surface area contributed by atoms with Crippen molar-refractivity contribution in [2.75, 3.05) is 19.6 Å². The van der Waals surface area contributed by atoms with Crippen LogP contribution in [0.2, 0.25) is 0 Å². The standard InChI is InChI=1S/C17H19N3O2S2/c1-2-7-18-17(22)19-15(21)11-20-8-5-13-12(6-10-24-13)16(20)14-4-3-9-23-14/h2-4,6,9-10,16H,1,5,7-8,11H2,(H2,18,19,21,22). The zero-order chi connectivity index (χ0) is 16.9. The molecule has 1 unspecified atom stereocenters. The largest absolute Gasteiger partial charge is 0.334 e. The first-order valence-electron chi connectivity index (χ1n) is 7.71. The fourth-order valence-corrected chi connectivity index (χ4v) is 4.66. The minimum Gasteiger partial charge on any atom is -0.334 e. The Labute approximate surface area is 149 Å². The monoisotopic (exact) mass is 361 g/mol. The number of carbonyl (C=O) groups excluding carboxylic acids is 2. The number of urea groups is 1. The van der Waals surface area contributed by atoms with E-state index in [1.807, 2.05) is 6.07 Å². The first-order valence-corrected chi connectivity index (χ1v) is 9.47. The summed E-state index contributed by atoms with van der Waals surface area (Å²) in [6, 6.07) is 5.87. The predicted molar refractivity (Wildman–Crippen MR) is 97.5 cm³/mol. The summed E-state index contributed by atoms with van der Waals surface area (Å²) in [5.41, 5.74) is 1.28. The third kappa shape index (κ3) is 3.75. The van der Waals surface area contributed by atoms with Crippen LogP contribution in [0.3, 0.4) is 0 Å². The fraction of sp³-hybridized carbons (Fsp3) is 0.294. The molecule has 0 saturated heterocycles. The number of carbonyl (C=O) groups is 2. The Hall–Kier alpha value is -1.96. The second kappa shape index (κ2) is 7.74. The van der Waals surface area contributed by atoms with Crippen LogP contribution < -0.4 is 10.6 Å². The number of imide groups is 1. The number of nitrogens with zero attached hydrogens (tertiary/aromatic N) is 1. The van der Waals surface area contributed by atoms with Crippen LogP contribution >= 0.6 is 22.7 Å². The van der Waals surface area contributed by atoms with Crippen LogP contribution in [0.5, 0.6) is 0 Å². The van der Waals surface area contributed by atoms with Gasteiger partial charge in [0.25, 0.3) is 0 Å². The summed E-state index contributed by atoms with van der Waals surface area (Å²) in [6.45, 7) is 4.86. The maximum atomic E-state index is 12.2. The van der Waals surface area contributed by atoms with E-state index >= 15 is 0 Å². The normalized spacial score (nSPS) is 17.1. The molecular formula is C17H19N3O2S2. The van der Waals surface area contributed by atoms with Gasteiger partial charge in [0.1, 0.15) is 0 Å². The molecule has 0 saturated carbocycles. The van der Waals surface area contributed by atoms with Crippen molar-refractivity contribution in [1.29, 1.82) is 0 Å². The number of thiophene rings is 2. The van der Waals surface area contributed by atoms with Gasteiger partial charge in [-0.15, -0.1) is 29.3 Å². The lowest BCUT2D eigenvalue weighted by Crippen LogP contribution is -2.46. The summed E-state index contributed by atoms with van der Waals surface area (Å²) < 4.78 is 0. The topological polar surface area (TPSA) is 61.4 Å². The second-order valence-corrected chi connectivity index (χ2v) is 7.46. The highest BCUT2D eigenvalue weighted by molar-refractivity contribution is 7.10. The Bertz CT molecular complexity index is 724. The molecule has 3 rings (SSSR count). The summed E-state index contributed by atoms with van der Waals surface area (Å²) in [4.78, 5) is 28.6. The van der Waals surface area contributed by atoms with Crippen molar-refractivity contribution >= 4 is 34.6 Å². The third-order valence-electron chi connectivity index (χ3n) is 3.88. The van der Waals surface area contributed by atoms with E-state index in [1.165, 1.54) is 15.3 Å². The van der Waals surface area contributed by atoms with Crippen LogP contribution in [0.25, 0.3) is 0 Å². The Balaban J connectivity index is 1.71. The van der Waals surface area contributed by atoms with Crippen molar-refractivity contribution in [2.24, 2.45) is 0 Å². The molecule has 3 amide bonds. The molecule has 0 radical (unpaired) electrons. The summed E-state index contributed by atoms with van der Waals surface area (Å²) in [5, 5.41) is 9.08. The SMILES string of the molecule is C=CCNC(=O)NC(=O)CN1CCc2sccc2C1c1cccs1. The van der Waals surface area contributed by atoms with E-state index in [0.717, 1.165) is 13.0 Å². The molecule has 0 aromatic carbocycles. The number of rotatable bonds is 5. The zero-order valence-electron chi connectivity index (χ0n) is 13.2. The highest BCUT2D eigenvalue weighted by Crippen LogP contribution is 2.39. The van der Waals surface area contributed by atoms with Gasteiger partial charge in [-0.2, -0.15) is 0 Å². The molecular weight excluding hydrogens is 342 g/mol. The van der Waals surface area contributed by atoms with E-state index < -0.39 is 6.03 Å².